The van der Waals surface area contributed by atoms with E-state index in [0.29, 0.717) is 11.5 Å². The van der Waals surface area contributed by atoms with Gasteiger partial charge in [0.05, 0.1) is 6.21 Å². The van der Waals surface area contributed by atoms with Crippen molar-refractivity contribution >= 4 is 34.7 Å². The number of carbonyl (C=O) groups is 1. The molecule has 1 N–H and O–H groups in total. The van der Waals surface area contributed by atoms with Gasteiger partial charge in [0.1, 0.15) is 11.5 Å². The van der Waals surface area contributed by atoms with Gasteiger partial charge in [-0.25, -0.2) is 5.43 Å². The zero-order valence-electron chi connectivity index (χ0n) is 13.2. The van der Waals surface area contributed by atoms with E-state index in [2.05, 4.69) is 33.1 Å². The molecule has 2 aromatic carbocycles. The van der Waals surface area contributed by atoms with Crippen LogP contribution >= 0.6 is 22.6 Å². The summed E-state index contributed by atoms with van der Waals surface area (Å²) >= 11 is 2.06. The van der Waals surface area contributed by atoms with Crippen molar-refractivity contribution in [3.05, 3.63) is 76.3 Å². The lowest BCUT2D eigenvalue weighted by molar-refractivity contribution is -0.123. The monoisotopic (exact) mass is 446 g/mol. The number of benzene rings is 2. The third kappa shape index (κ3) is 5.18. The molecule has 6 heteroatoms. The maximum absolute atomic E-state index is 11.7. The summed E-state index contributed by atoms with van der Waals surface area (Å²) in [4.78, 5) is 11.7. The number of hydrogen-bond acceptors (Lipinski definition) is 4. The summed E-state index contributed by atoms with van der Waals surface area (Å²) in [5.74, 6) is 0.853. The fourth-order valence-electron chi connectivity index (χ4n) is 2.12. The third-order valence-corrected chi connectivity index (χ3v) is 3.89. The molecule has 0 fully saturated rings. The summed E-state index contributed by atoms with van der Waals surface area (Å²) in [6, 6.07) is 21.2. The van der Waals surface area contributed by atoms with Gasteiger partial charge >= 0.3 is 0 Å². The highest BCUT2D eigenvalue weighted by Gasteiger charge is 2.03. The molecule has 0 aliphatic heterocycles. The van der Waals surface area contributed by atoms with E-state index in [-0.39, 0.29) is 12.5 Å². The average molecular weight is 446 g/mol. The molecule has 25 heavy (non-hydrogen) atoms. The summed E-state index contributed by atoms with van der Waals surface area (Å²) in [6.07, 6.45) is 1.44. The van der Waals surface area contributed by atoms with Crippen LogP contribution in [-0.4, -0.2) is 18.7 Å². The molecule has 0 spiro atoms. The lowest BCUT2D eigenvalue weighted by Gasteiger charge is -2.06. The van der Waals surface area contributed by atoms with Crippen molar-refractivity contribution in [3.63, 3.8) is 0 Å². The van der Waals surface area contributed by atoms with Gasteiger partial charge in [0.2, 0.25) is 0 Å². The van der Waals surface area contributed by atoms with Crippen LogP contribution in [0.15, 0.2) is 76.2 Å². The number of hydrogen-bond donors (Lipinski definition) is 1. The van der Waals surface area contributed by atoms with Crippen LogP contribution in [0.5, 0.6) is 5.75 Å². The largest absolute Gasteiger partial charge is 0.484 e. The van der Waals surface area contributed by atoms with E-state index in [4.69, 9.17) is 9.15 Å². The van der Waals surface area contributed by atoms with Gasteiger partial charge in [-0.1, -0.05) is 42.5 Å². The summed E-state index contributed by atoms with van der Waals surface area (Å²) in [5.41, 5.74) is 4.62. The Morgan fingerprint density at radius 2 is 1.76 bits per heavy atom. The van der Waals surface area contributed by atoms with Gasteiger partial charge in [0, 0.05) is 0 Å². The van der Waals surface area contributed by atoms with Gasteiger partial charge < -0.3 is 9.15 Å². The summed E-state index contributed by atoms with van der Waals surface area (Å²) in [7, 11) is 0. The summed E-state index contributed by atoms with van der Waals surface area (Å²) in [6.45, 7) is -0.113. The molecule has 1 amide bonds. The Kier molecular flexibility index (Phi) is 5.84. The SMILES string of the molecule is O=C(COc1ccc(-c2ccccc2)cc1)N/N=C\c1ccc(I)o1. The van der Waals surface area contributed by atoms with Crippen LogP contribution < -0.4 is 10.2 Å². The van der Waals surface area contributed by atoms with E-state index in [1.165, 1.54) is 6.21 Å². The lowest BCUT2D eigenvalue weighted by atomic mass is 10.1. The number of carbonyl (C=O) groups excluding carboxylic acids is 1. The molecule has 1 heterocycles. The Morgan fingerprint density at radius 1 is 1.04 bits per heavy atom. The maximum atomic E-state index is 11.7. The molecule has 0 bridgehead atoms. The van der Waals surface area contributed by atoms with Crippen molar-refractivity contribution in [3.8, 4) is 16.9 Å². The molecule has 1 aromatic heterocycles. The number of hydrazone groups is 1. The number of halogens is 1. The van der Waals surface area contributed by atoms with E-state index in [9.17, 15) is 4.79 Å². The van der Waals surface area contributed by atoms with Gasteiger partial charge in [-0.15, -0.1) is 0 Å². The Morgan fingerprint density at radius 3 is 2.44 bits per heavy atom. The second-order valence-electron chi connectivity index (χ2n) is 5.11. The first-order valence-electron chi connectivity index (χ1n) is 7.56. The molecule has 126 valence electrons. The van der Waals surface area contributed by atoms with E-state index in [1.807, 2.05) is 60.7 Å². The van der Waals surface area contributed by atoms with Crippen LogP contribution in [0.3, 0.4) is 0 Å². The number of nitrogens with zero attached hydrogens (tertiary/aromatic N) is 1. The molecule has 0 atom stereocenters. The average Bonchev–Trinajstić information content (AvgIpc) is 3.06. The molecule has 0 saturated heterocycles. The minimum absolute atomic E-state index is 0.113. The Bertz CT molecular complexity index is 858. The standard InChI is InChI=1S/C19H15IN2O3/c20-18-11-10-17(25-18)12-21-22-19(23)13-24-16-8-6-15(7-9-16)14-4-2-1-3-5-14/h1-12H,13H2,(H,22,23)/b21-12-. The van der Waals surface area contributed by atoms with Crippen molar-refractivity contribution in [1.82, 2.24) is 5.43 Å². The Balaban J connectivity index is 1.48. The van der Waals surface area contributed by atoms with Crippen molar-refractivity contribution in [2.24, 2.45) is 5.10 Å². The second kappa shape index (κ2) is 8.48. The molecule has 5 nitrogen and oxygen atoms in total. The predicted octanol–water partition coefficient (Wildman–Crippen LogP) is 4.08. The Hall–Kier alpha value is -2.61. The first kappa shape index (κ1) is 17.2. The lowest BCUT2D eigenvalue weighted by Crippen LogP contribution is -2.24. The topological polar surface area (TPSA) is 63.8 Å². The highest BCUT2D eigenvalue weighted by molar-refractivity contribution is 14.1. The van der Waals surface area contributed by atoms with Crippen molar-refractivity contribution in [2.75, 3.05) is 6.61 Å². The van der Waals surface area contributed by atoms with Gasteiger partial charge in [-0.2, -0.15) is 5.10 Å². The second-order valence-corrected chi connectivity index (χ2v) is 6.18. The minimum atomic E-state index is -0.343. The highest BCUT2D eigenvalue weighted by Crippen LogP contribution is 2.21. The van der Waals surface area contributed by atoms with Gasteiger partial charge in [0.25, 0.3) is 5.91 Å². The van der Waals surface area contributed by atoms with Crippen LogP contribution in [-0.2, 0) is 4.79 Å². The van der Waals surface area contributed by atoms with Crippen LogP contribution in [0.4, 0.5) is 0 Å². The summed E-state index contributed by atoms with van der Waals surface area (Å²) < 4.78 is 11.5. The van der Waals surface area contributed by atoms with E-state index < -0.39 is 0 Å². The highest BCUT2D eigenvalue weighted by atomic mass is 127. The van der Waals surface area contributed by atoms with Gasteiger partial charge in [-0.05, 0) is 58.0 Å². The predicted molar refractivity (Wildman–Crippen MR) is 105 cm³/mol. The van der Waals surface area contributed by atoms with E-state index in [1.54, 1.807) is 6.07 Å². The molecule has 0 unspecified atom stereocenters. The number of rotatable bonds is 6. The molecular formula is C19H15IN2O3. The zero-order chi connectivity index (χ0) is 17.5. The van der Waals surface area contributed by atoms with Crippen molar-refractivity contribution in [2.45, 2.75) is 0 Å². The molecule has 3 aromatic rings. The molecule has 0 aliphatic carbocycles. The Labute approximate surface area is 158 Å². The summed E-state index contributed by atoms with van der Waals surface area (Å²) in [5, 5.41) is 3.82. The van der Waals surface area contributed by atoms with Gasteiger partial charge in [-0.3, -0.25) is 4.79 Å². The zero-order valence-corrected chi connectivity index (χ0v) is 15.3. The molecule has 3 rings (SSSR count). The minimum Gasteiger partial charge on any atom is -0.484 e. The van der Waals surface area contributed by atoms with Crippen LogP contribution in [0, 0.1) is 3.77 Å². The number of furan rings is 1. The smallest absolute Gasteiger partial charge is 0.277 e. The quantitative estimate of drug-likeness (QED) is 0.353. The normalized spacial score (nSPS) is 10.8. The van der Waals surface area contributed by atoms with Crippen LogP contribution in [0.1, 0.15) is 5.76 Å². The van der Waals surface area contributed by atoms with Crippen LogP contribution in [0.25, 0.3) is 11.1 Å². The molecule has 0 aliphatic rings. The maximum Gasteiger partial charge on any atom is 0.277 e. The fraction of sp³-hybridized carbons (Fsp3) is 0.0526. The molecular weight excluding hydrogens is 431 g/mol. The number of ether oxygens (including phenoxy) is 1. The van der Waals surface area contributed by atoms with Crippen molar-refractivity contribution < 1.29 is 13.9 Å². The van der Waals surface area contributed by atoms with E-state index >= 15 is 0 Å². The van der Waals surface area contributed by atoms with E-state index in [0.717, 1.165) is 14.9 Å². The van der Waals surface area contributed by atoms with Gasteiger partial charge in [0.15, 0.2) is 10.4 Å². The molecule has 0 radical (unpaired) electrons. The van der Waals surface area contributed by atoms with Crippen molar-refractivity contribution in [1.29, 1.82) is 0 Å². The first-order chi connectivity index (χ1) is 12.2. The molecule has 0 saturated carbocycles. The fourth-order valence-corrected chi connectivity index (χ4v) is 2.55. The van der Waals surface area contributed by atoms with Crippen LogP contribution in [0.2, 0.25) is 0 Å². The number of nitrogens with one attached hydrogen (secondary N) is 1. The third-order valence-electron chi connectivity index (χ3n) is 3.31. The number of amides is 1. The first-order valence-corrected chi connectivity index (χ1v) is 8.64.